The summed E-state index contributed by atoms with van der Waals surface area (Å²) in [6.07, 6.45) is 9.99. The Bertz CT molecular complexity index is 790. The van der Waals surface area contributed by atoms with Crippen molar-refractivity contribution in [1.29, 1.82) is 0 Å². The van der Waals surface area contributed by atoms with Gasteiger partial charge in [0.2, 0.25) is 6.54 Å². The second kappa shape index (κ2) is 8.93. The Morgan fingerprint density at radius 2 is 2.04 bits per heavy atom. The van der Waals surface area contributed by atoms with Crippen LogP contribution < -0.4 is 5.73 Å². The third kappa shape index (κ3) is 4.26. The maximum atomic E-state index is 7.32. The van der Waals surface area contributed by atoms with E-state index < -0.39 is 6.29 Å². The minimum absolute atomic E-state index is 0.104. The van der Waals surface area contributed by atoms with Gasteiger partial charge < -0.3 is 20.1 Å². The summed E-state index contributed by atoms with van der Waals surface area (Å²) in [4.78, 5) is 12.2. The van der Waals surface area contributed by atoms with Gasteiger partial charge in [-0.3, -0.25) is 4.68 Å². The van der Waals surface area contributed by atoms with E-state index in [1.807, 2.05) is 10.9 Å². The number of hydrogen-bond donors (Lipinski definition) is 1. The summed E-state index contributed by atoms with van der Waals surface area (Å²) in [6, 6.07) is 0.104. The Morgan fingerprint density at radius 3 is 2.70 bits per heavy atom. The number of nitrogen functional groups attached to an aromatic ring is 1. The molecule has 2 aromatic heterocycles. The fourth-order valence-electron chi connectivity index (χ4n) is 3.83. The maximum absolute atomic E-state index is 7.32. The summed E-state index contributed by atoms with van der Waals surface area (Å²) < 4.78 is 12.5. The molecule has 8 nitrogen and oxygen atoms in total. The van der Waals surface area contributed by atoms with Crippen LogP contribution in [0.1, 0.15) is 37.3 Å². The van der Waals surface area contributed by atoms with Crippen LogP contribution in [0.15, 0.2) is 18.7 Å². The lowest BCUT2D eigenvalue weighted by atomic mass is 9.98. The van der Waals surface area contributed by atoms with Crippen molar-refractivity contribution >= 4 is 5.82 Å². The molecule has 2 heterocycles. The molecule has 1 aliphatic carbocycles. The normalized spacial score (nSPS) is 15.9. The Morgan fingerprint density at radius 1 is 1.30 bits per heavy atom. The van der Waals surface area contributed by atoms with Crippen LogP contribution in [0.25, 0.3) is 16.1 Å². The van der Waals surface area contributed by atoms with E-state index in [0.29, 0.717) is 24.7 Å². The van der Waals surface area contributed by atoms with Crippen LogP contribution in [0.5, 0.6) is 0 Å². The fourth-order valence-corrected chi connectivity index (χ4v) is 3.83. The first-order valence-corrected chi connectivity index (χ1v) is 9.20. The van der Waals surface area contributed by atoms with E-state index in [2.05, 4.69) is 19.9 Å². The van der Waals surface area contributed by atoms with Crippen LogP contribution >= 0.6 is 0 Å². The van der Waals surface area contributed by atoms with E-state index in [4.69, 9.17) is 21.8 Å². The van der Waals surface area contributed by atoms with Crippen LogP contribution in [-0.4, -0.2) is 46.8 Å². The smallest absolute Gasteiger partial charge is 0.237 e. The van der Waals surface area contributed by atoms with Gasteiger partial charge in [0.15, 0.2) is 6.29 Å². The number of rotatable bonds is 8. The SMILES string of the molecule is [C-]#[N+]C[C@H](C1CCCC1)n1cc(-c2ncnc(N)c2CC(OC)OC)cn1. The fraction of sp³-hybridized carbons (Fsp3) is 0.579. The first-order valence-electron chi connectivity index (χ1n) is 9.20. The lowest BCUT2D eigenvalue weighted by Crippen LogP contribution is -2.20. The number of nitrogens with zero attached hydrogens (tertiary/aromatic N) is 5. The van der Waals surface area contributed by atoms with Crippen molar-refractivity contribution in [3.05, 3.63) is 35.7 Å². The average molecular weight is 370 g/mol. The van der Waals surface area contributed by atoms with Gasteiger partial charge in [0.25, 0.3) is 0 Å². The molecule has 2 aromatic rings. The van der Waals surface area contributed by atoms with E-state index in [0.717, 1.165) is 29.7 Å². The second-order valence-electron chi connectivity index (χ2n) is 6.85. The highest BCUT2D eigenvalue weighted by Gasteiger charge is 2.29. The van der Waals surface area contributed by atoms with Crippen molar-refractivity contribution in [2.45, 2.75) is 44.4 Å². The number of anilines is 1. The third-order valence-corrected chi connectivity index (χ3v) is 5.31. The zero-order valence-corrected chi connectivity index (χ0v) is 15.8. The minimum atomic E-state index is -0.430. The Labute approximate surface area is 159 Å². The van der Waals surface area contributed by atoms with Gasteiger partial charge >= 0.3 is 0 Å². The molecular weight excluding hydrogens is 344 g/mol. The van der Waals surface area contributed by atoms with E-state index in [1.165, 1.54) is 19.2 Å². The summed E-state index contributed by atoms with van der Waals surface area (Å²) in [6.45, 7) is 7.76. The molecule has 0 aromatic carbocycles. The maximum Gasteiger partial charge on any atom is 0.237 e. The molecule has 0 radical (unpaired) electrons. The first-order chi connectivity index (χ1) is 13.2. The van der Waals surface area contributed by atoms with Crippen molar-refractivity contribution in [1.82, 2.24) is 19.7 Å². The quantitative estimate of drug-likeness (QED) is 0.567. The van der Waals surface area contributed by atoms with Crippen LogP contribution in [-0.2, 0) is 15.9 Å². The Balaban J connectivity index is 1.91. The largest absolute Gasteiger partial charge is 0.383 e. The molecule has 2 N–H and O–H groups in total. The van der Waals surface area contributed by atoms with Crippen molar-refractivity contribution in [2.24, 2.45) is 5.92 Å². The molecule has 1 aliphatic rings. The molecule has 1 fully saturated rings. The summed E-state index contributed by atoms with van der Waals surface area (Å²) in [5, 5.41) is 4.56. The van der Waals surface area contributed by atoms with Gasteiger partial charge in [-0.25, -0.2) is 16.5 Å². The zero-order chi connectivity index (χ0) is 19.2. The highest BCUT2D eigenvalue weighted by molar-refractivity contribution is 5.66. The summed E-state index contributed by atoms with van der Waals surface area (Å²) in [7, 11) is 3.17. The number of ether oxygens (including phenoxy) is 2. The van der Waals surface area contributed by atoms with Crippen LogP contribution in [0.2, 0.25) is 0 Å². The molecule has 8 heteroatoms. The molecule has 0 amide bonds. The van der Waals surface area contributed by atoms with Gasteiger partial charge in [0.05, 0.1) is 11.9 Å². The topological polar surface area (TPSA) is 92.4 Å². The number of hydrogen-bond acceptors (Lipinski definition) is 6. The third-order valence-electron chi connectivity index (χ3n) is 5.31. The van der Waals surface area contributed by atoms with Gasteiger partial charge in [-0.05, 0) is 18.8 Å². The summed E-state index contributed by atoms with van der Waals surface area (Å²) >= 11 is 0. The van der Waals surface area contributed by atoms with Crippen molar-refractivity contribution < 1.29 is 9.47 Å². The minimum Gasteiger partial charge on any atom is -0.383 e. The number of methoxy groups -OCH3 is 2. The van der Waals surface area contributed by atoms with Crippen molar-refractivity contribution in [3.8, 4) is 11.3 Å². The van der Waals surface area contributed by atoms with E-state index >= 15 is 0 Å². The molecule has 0 bridgehead atoms. The van der Waals surface area contributed by atoms with Crippen molar-refractivity contribution in [2.75, 3.05) is 26.5 Å². The van der Waals surface area contributed by atoms with Crippen LogP contribution in [0.3, 0.4) is 0 Å². The highest BCUT2D eigenvalue weighted by atomic mass is 16.7. The Kier molecular flexibility index (Phi) is 6.37. The number of nitrogens with two attached hydrogens (primary N) is 1. The van der Waals surface area contributed by atoms with Gasteiger partial charge in [0, 0.05) is 38.0 Å². The van der Waals surface area contributed by atoms with Gasteiger partial charge in [-0.15, -0.1) is 0 Å². The van der Waals surface area contributed by atoms with E-state index in [1.54, 1.807) is 20.4 Å². The molecule has 0 saturated heterocycles. The molecule has 0 spiro atoms. The van der Waals surface area contributed by atoms with Gasteiger partial charge in [0.1, 0.15) is 18.2 Å². The predicted molar refractivity (Wildman–Crippen MR) is 102 cm³/mol. The molecule has 1 saturated carbocycles. The van der Waals surface area contributed by atoms with E-state index in [9.17, 15) is 0 Å². The molecule has 0 aliphatic heterocycles. The lowest BCUT2D eigenvalue weighted by molar-refractivity contribution is -0.100. The molecule has 3 rings (SSSR count). The molecule has 144 valence electrons. The van der Waals surface area contributed by atoms with Crippen LogP contribution in [0, 0.1) is 12.5 Å². The molecular formula is C19H26N6O2. The predicted octanol–water partition coefficient (Wildman–Crippen LogP) is 2.73. The second-order valence-corrected chi connectivity index (χ2v) is 6.85. The monoisotopic (exact) mass is 370 g/mol. The van der Waals surface area contributed by atoms with Gasteiger partial charge in [-0.1, -0.05) is 12.8 Å². The average Bonchev–Trinajstić information content (AvgIpc) is 3.37. The summed E-state index contributed by atoms with van der Waals surface area (Å²) in [5.41, 5.74) is 8.45. The molecule has 1 atom stereocenters. The lowest BCUT2D eigenvalue weighted by Gasteiger charge is -2.19. The zero-order valence-electron chi connectivity index (χ0n) is 15.8. The summed E-state index contributed by atoms with van der Waals surface area (Å²) in [5.74, 6) is 0.911. The molecule has 0 unspecified atom stereocenters. The Hall–Kier alpha value is -2.50. The van der Waals surface area contributed by atoms with E-state index in [-0.39, 0.29) is 6.04 Å². The standard InChI is InChI=1S/C19H26N6O2/c1-21-10-16(13-6-4-5-7-13)25-11-14(9-24-25)18-15(8-17(26-2)27-3)19(20)23-12-22-18/h9,11-13,16-17H,4-8,10H2,2-3H3,(H2,20,22,23)/t16-/m1/s1. The van der Waals surface area contributed by atoms with Crippen molar-refractivity contribution in [3.63, 3.8) is 0 Å². The van der Waals surface area contributed by atoms with Crippen LogP contribution in [0.4, 0.5) is 5.82 Å². The number of aromatic nitrogens is 4. The molecule has 27 heavy (non-hydrogen) atoms. The highest BCUT2D eigenvalue weighted by Crippen LogP contribution is 2.35. The first kappa shape index (κ1) is 19.3. The van der Waals surface area contributed by atoms with Gasteiger partial charge in [-0.2, -0.15) is 5.10 Å².